The number of benzene rings is 1. The molecule has 1 aliphatic heterocycles. The number of aromatic nitrogens is 3. The summed E-state index contributed by atoms with van der Waals surface area (Å²) >= 11 is 9.25. The van der Waals surface area contributed by atoms with E-state index in [-0.39, 0.29) is 5.91 Å². The third-order valence-corrected chi connectivity index (χ3v) is 5.42. The van der Waals surface area contributed by atoms with Gasteiger partial charge in [0.15, 0.2) is 11.7 Å². The van der Waals surface area contributed by atoms with E-state index >= 15 is 0 Å². The fraction of sp³-hybridized carbons (Fsp3) is 0.300. The molecule has 0 unspecified atom stereocenters. The lowest BCUT2D eigenvalue weighted by molar-refractivity contribution is -0.131. The Morgan fingerprint density at radius 2 is 1.72 bits per heavy atom. The van der Waals surface area contributed by atoms with Gasteiger partial charge in [-0.1, -0.05) is 11.6 Å². The molecule has 1 aliphatic rings. The summed E-state index contributed by atoms with van der Waals surface area (Å²) in [6.07, 6.45) is 5.99. The van der Waals surface area contributed by atoms with E-state index in [1.165, 1.54) is 0 Å². The molecule has 1 aromatic carbocycles. The van der Waals surface area contributed by atoms with Gasteiger partial charge >= 0.3 is 0 Å². The van der Waals surface area contributed by atoms with Gasteiger partial charge in [-0.05, 0) is 40.2 Å². The minimum Gasteiger partial charge on any atom is -0.441 e. The normalized spacial score (nSPS) is 14.3. The van der Waals surface area contributed by atoms with E-state index in [9.17, 15) is 4.79 Å². The van der Waals surface area contributed by atoms with E-state index in [2.05, 4.69) is 35.8 Å². The van der Waals surface area contributed by atoms with Crippen molar-refractivity contribution in [2.45, 2.75) is 12.8 Å². The van der Waals surface area contributed by atoms with Crippen molar-refractivity contribution in [1.82, 2.24) is 19.9 Å². The molecule has 0 saturated carbocycles. The van der Waals surface area contributed by atoms with Crippen molar-refractivity contribution in [3.05, 3.63) is 58.2 Å². The molecule has 150 valence electrons. The quantitative estimate of drug-likeness (QED) is 0.557. The SMILES string of the molecule is O=C(CCc1ncc(-c2ccc(Cl)cc2)o1)N1CCN(c2ncc(Br)cn2)CC1. The predicted octanol–water partition coefficient (Wildman–Crippen LogP) is 3.83. The number of carbonyl (C=O) groups excluding carboxylic acids is 1. The van der Waals surface area contributed by atoms with Crippen molar-refractivity contribution in [1.29, 1.82) is 0 Å². The Kier molecular flexibility index (Phi) is 6.10. The summed E-state index contributed by atoms with van der Waals surface area (Å²) in [5.41, 5.74) is 0.908. The third kappa shape index (κ3) is 4.94. The van der Waals surface area contributed by atoms with Crippen molar-refractivity contribution in [2.75, 3.05) is 31.1 Å². The van der Waals surface area contributed by atoms with Crippen molar-refractivity contribution < 1.29 is 9.21 Å². The van der Waals surface area contributed by atoms with E-state index in [1.54, 1.807) is 18.6 Å². The highest BCUT2D eigenvalue weighted by molar-refractivity contribution is 9.10. The Morgan fingerprint density at radius 1 is 1.03 bits per heavy atom. The van der Waals surface area contributed by atoms with Crippen LogP contribution in [0.15, 0.2) is 51.7 Å². The predicted molar refractivity (Wildman–Crippen MR) is 114 cm³/mol. The number of oxazole rings is 1. The van der Waals surface area contributed by atoms with Crippen LogP contribution < -0.4 is 4.90 Å². The first kappa shape index (κ1) is 19.8. The lowest BCUT2D eigenvalue weighted by Gasteiger charge is -2.34. The van der Waals surface area contributed by atoms with Crippen LogP contribution in [0, 0.1) is 0 Å². The Bertz CT molecular complexity index is 969. The molecule has 1 fully saturated rings. The van der Waals surface area contributed by atoms with Gasteiger partial charge in [0, 0.05) is 62.0 Å². The molecular weight excluding hydrogens is 458 g/mol. The smallest absolute Gasteiger partial charge is 0.225 e. The van der Waals surface area contributed by atoms with Crippen LogP contribution in [0.4, 0.5) is 5.95 Å². The van der Waals surface area contributed by atoms with Gasteiger partial charge < -0.3 is 14.2 Å². The molecule has 2 aromatic heterocycles. The van der Waals surface area contributed by atoms with Crippen LogP contribution in [-0.2, 0) is 11.2 Å². The average molecular weight is 477 g/mol. The Labute approximate surface area is 181 Å². The van der Waals surface area contributed by atoms with Crippen LogP contribution in [0.3, 0.4) is 0 Å². The Morgan fingerprint density at radius 3 is 2.41 bits per heavy atom. The molecule has 3 heterocycles. The van der Waals surface area contributed by atoms with Crippen molar-refractivity contribution in [3.8, 4) is 11.3 Å². The lowest BCUT2D eigenvalue weighted by Crippen LogP contribution is -2.49. The lowest BCUT2D eigenvalue weighted by atomic mass is 10.2. The number of aryl methyl sites for hydroxylation is 1. The summed E-state index contributed by atoms with van der Waals surface area (Å²) in [6, 6.07) is 7.38. The number of anilines is 1. The molecule has 29 heavy (non-hydrogen) atoms. The van der Waals surface area contributed by atoms with Gasteiger partial charge in [0.05, 0.1) is 10.7 Å². The third-order valence-electron chi connectivity index (χ3n) is 4.76. The fourth-order valence-electron chi connectivity index (χ4n) is 3.17. The van der Waals surface area contributed by atoms with E-state index in [1.807, 2.05) is 29.2 Å². The molecule has 3 aromatic rings. The minimum absolute atomic E-state index is 0.104. The fourth-order valence-corrected chi connectivity index (χ4v) is 3.50. The zero-order chi connectivity index (χ0) is 20.2. The van der Waals surface area contributed by atoms with Gasteiger partial charge in [-0.2, -0.15) is 0 Å². The van der Waals surface area contributed by atoms with Gasteiger partial charge in [-0.25, -0.2) is 15.0 Å². The van der Waals surface area contributed by atoms with Crippen molar-refractivity contribution in [3.63, 3.8) is 0 Å². The van der Waals surface area contributed by atoms with Gasteiger partial charge in [0.2, 0.25) is 11.9 Å². The molecule has 0 atom stereocenters. The van der Waals surface area contributed by atoms with Crippen LogP contribution in [0.2, 0.25) is 5.02 Å². The average Bonchev–Trinajstić information content (AvgIpc) is 3.22. The summed E-state index contributed by atoms with van der Waals surface area (Å²) in [7, 11) is 0. The molecule has 0 bridgehead atoms. The van der Waals surface area contributed by atoms with E-state index < -0.39 is 0 Å². The van der Waals surface area contributed by atoms with Crippen LogP contribution in [0.1, 0.15) is 12.3 Å². The standard InChI is InChI=1S/C20H19BrClN5O2/c21-15-11-24-20(25-12-15)27-9-7-26(8-10-27)19(28)6-5-18-23-13-17(29-18)14-1-3-16(22)4-2-14/h1-4,11-13H,5-10H2. The summed E-state index contributed by atoms with van der Waals surface area (Å²) in [5.74, 6) is 2.03. The highest BCUT2D eigenvalue weighted by atomic mass is 79.9. The molecule has 1 saturated heterocycles. The highest BCUT2D eigenvalue weighted by Gasteiger charge is 2.22. The maximum Gasteiger partial charge on any atom is 0.225 e. The first-order valence-corrected chi connectivity index (χ1v) is 10.5. The number of amides is 1. The minimum atomic E-state index is 0.104. The number of hydrogen-bond acceptors (Lipinski definition) is 6. The van der Waals surface area contributed by atoms with Crippen LogP contribution in [-0.4, -0.2) is 51.9 Å². The van der Waals surface area contributed by atoms with Crippen LogP contribution in [0.25, 0.3) is 11.3 Å². The molecule has 9 heteroatoms. The number of piperazine rings is 1. The van der Waals surface area contributed by atoms with Crippen molar-refractivity contribution >= 4 is 39.4 Å². The highest BCUT2D eigenvalue weighted by Crippen LogP contribution is 2.23. The molecule has 0 radical (unpaired) electrons. The summed E-state index contributed by atoms with van der Waals surface area (Å²) in [5, 5.41) is 0.672. The number of nitrogens with zero attached hydrogens (tertiary/aromatic N) is 5. The molecule has 7 nitrogen and oxygen atoms in total. The van der Waals surface area contributed by atoms with E-state index in [0.29, 0.717) is 61.6 Å². The van der Waals surface area contributed by atoms with E-state index in [0.717, 1.165) is 10.0 Å². The Balaban J connectivity index is 1.27. The molecular formula is C20H19BrClN5O2. The van der Waals surface area contributed by atoms with Crippen molar-refractivity contribution in [2.24, 2.45) is 0 Å². The first-order chi connectivity index (χ1) is 14.1. The second-order valence-corrected chi connectivity index (χ2v) is 8.05. The van der Waals surface area contributed by atoms with Gasteiger partial charge in [-0.3, -0.25) is 4.79 Å². The second-order valence-electron chi connectivity index (χ2n) is 6.69. The monoisotopic (exact) mass is 475 g/mol. The maximum atomic E-state index is 12.6. The summed E-state index contributed by atoms with van der Waals surface area (Å²) in [6.45, 7) is 2.74. The molecule has 1 amide bonds. The Hall–Kier alpha value is -2.45. The van der Waals surface area contributed by atoms with Crippen LogP contribution in [0.5, 0.6) is 0 Å². The molecule has 0 aliphatic carbocycles. The largest absolute Gasteiger partial charge is 0.441 e. The zero-order valence-corrected chi connectivity index (χ0v) is 17.9. The number of hydrogen-bond donors (Lipinski definition) is 0. The van der Waals surface area contributed by atoms with Crippen LogP contribution >= 0.6 is 27.5 Å². The summed E-state index contributed by atoms with van der Waals surface area (Å²) in [4.78, 5) is 29.4. The topological polar surface area (TPSA) is 75.4 Å². The number of rotatable bonds is 5. The van der Waals surface area contributed by atoms with Gasteiger partial charge in [0.25, 0.3) is 0 Å². The molecule has 0 N–H and O–H groups in total. The maximum absolute atomic E-state index is 12.6. The molecule has 0 spiro atoms. The first-order valence-electron chi connectivity index (χ1n) is 9.29. The van der Waals surface area contributed by atoms with Gasteiger partial charge in [0.1, 0.15) is 0 Å². The van der Waals surface area contributed by atoms with Gasteiger partial charge in [-0.15, -0.1) is 0 Å². The summed E-state index contributed by atoms with van der Waals surface area (Å²) < 4.78 is 6.63. The molecule has 4 rings (SSSR count). The number of halogens is 2. The second kappa shape index (κ2) is 8.92. The number of carbonyl (C=O) groups is 1. The van der Waals surface area contributed by atoms with E-state index in [4.69, 9.17) is 16.0 Å². The zero-order valence-electron chi connectivity index (χ0n) is 15.6.